The second-order valence-electron chi connectivity index (χ2n) is 7.18. The Morgan fingerprint density at radius 2 is 1.53 bits per heavy atom. The lowest BCUT2D eigenvalue weighted by Gasteiger charge is -2.36. The second kappa shape index (κ2) is 6.35. The number of likely N-dealkylation sites (N-methyl/N-ethyl adjacent to an activating group) is 1. The molecule has 0 saturated heterocycles. The highest BCUT2D eigenvalue weighted by Crippen LogP contribution is 2.24. The number of benzene rings is 1. The van der Waals surface area contributed by atoms with E-state index in [1.54, 1.807) is 0 Å². The molecule has 1 aromatic rings. The van der Waals surface area contributed by atoms with Gasteiger partial charge in [-0.1, -0.05) is 50.0 Å². The minimum atomic E-state index is -1.54. The van der Waals surface area contributed by atoms with Crippen LogP contribution in [-0.4, -0.2) is 34.7 Å². The van der Waals surface area contributed by atoms with Crippen molar-refractivity contribution in [3.63, 3.8) is 0 Å². The van der Waals surface area contributed by atoms with Crippen LogP contribution in [0.25, 0.3) is 0 Å². The van der Waals surface area contributed by atoms with Gasteiger partial charge in [0.1, 0.15) is 8.24 Å². The summed E-state index contributed by atoms with van der Waals surface area (Å²) in [6, 6.07) is 10.6. The van der Waals surface area contributed by atoms with Gasteiger partial charge in [0.25, 0.3) is 0 Å². The lowest BCUT2D eigenvalue weighted by Crippen LogP contribution is -2.46. The van der Waals surface area contributed by atoms with Gasteiger partial charge in [-0.3, -0.25) is 0 Å². The Kier molecular flexibility index (Phi) is 5.56. The van der Waals surface area contributed by atoms with Crippen LogP contribution in [0.3, 0.4) is 0 Å². The van der Waals surface area contributed by atoms with Gasteiger partial charge >= 0.3 is 0 Å². The van der Waals surface area contributed by atoms with E-state index in [9.17, 15) is 0 Å². The molecule has 0 aliphatic carbocycles. The first-order valence-corrected chi connectivity index (χ1v) is 13.9. The van der Waals surface area contributed by atoms with Crippen LogP contribution in [0.15, 0.2) is 30.3 Å². The van der Waals surface area contributed by atoms with Crippen molar-refractivity contribution in [2.24, 2.45) is 0 Å². The monoisotopic (exact) mass is 295 g/mol. The van der Waals surface area contributed by atoms with Gasteiger partial charge in [-0.05, 0) is 32.3 Å². The summed E-state index contributed by atoms with van der Waals surface area (Å²) in [6.45, 7) is 14.9. The highest BCUT2D eigenvalue weighted by Gasteiger charge is 2.27. The number of hydrogen-bond donors (Lipinski definition) is 0. The minimum Gasteiger partial charge on any atom is -0.409 e. The molecule has 1 rings (SSSR count). The topological polar surface area (TPSA) is 12.5 Å². The smallest absolute Gasteiger partial charge is 0.184 e. The van der Waals surface area contributed by atoms with Gasteiger partial charge in [0.15, 0.2) is 8.32 Å². The standard InChI is InChI=1S/C15H29NOSi2/c1-16(18(2,3)4)13-15(17-19(5,6)7)14-11-9-8-10-12-14/h8-12,15H,13H2,1-7H3. The van der Waals surface area contributed by atoms with Gasteiger partial charge in [0.05, 0.1) is 6.10 Å². The molecule has 0 spiro atoms. The van der Waals surface area contributed by atoms with E-state index in [-0.39, 0.29) is 6.10 Å². The SMILES string of the molecule is CN(CC(O[Si](C)(C)C)c1ccccc1)[Si](C)(C)C. The Balaban J connectivity index is 2.88. The Morgan fingerprint density at radius 3 is 1.95 bits per heavy atom. The maximum atomic E-state index is 6.41. The molecule has 0 amide bonds. The normalized spacial score (nSPS) is 14.7. The second-order valence-corrected chi connectivity index (χ2v) is 16.7. The van der Waals surface area contributed by atoms with Crippen molar-refractivity contribution < 1.29 is 4.43 Å². The molecule has 0 aromatic heterocycles. The van der Waals surface area contributed by atoms with Crippen molar-refractivity contribution >= 4 is 16.6 Å². The van der Waals surface area contributed by atoms with E-state index in [4.69, 9.17) is 4.43 Å². The lowest BCUT2D eigenvalue weighted by atomic mass is 10.1. The average molecular weight is 296 g/mol. The summed E-state index contributed by atoms with van der Waals surface area (Å²) >= 11 is 0. The Bertz CT molecular complexity index is 381. The first-order valence-electron chi connectivity index (χ1n) is 7.03. The highest BCUT2D eigenvalue weighted by atomic mass is 28.4. The van der Waals surface area contributed by atoms with Crippen molar-refractivity contribution in [3.05, 3.63) is 35.9 Å². The summed E-state index contributed by atoms with van der Waals surface area (Å²) < 4.78 is 8.91. The quantitative estimate of drug-likeness (QED) is 0.724. The first kappa shape index (κ1) is 16.6. The van der Waals surface area contributed by atoms with Gasteiger partial charge in [-0.25, -0.2) is 0 Å². The molecule has 108 valence electrons. The summed E-state index contributed by atoms with van der Waals surface area (Å²) in [7, 11) is -0.571. The van der Waals surface area contributed by atoms with E-state index in [1.807, 2.05) is 0 Å². The average Bonchev–Trinajstić information content (AvgIpc) is 2.26. The zero-order valence-electron chi connectivity index (χ0n) is 13.5. The third-order valence-electron chi connectivity index (χ3n) is 3.25. The number of hydrogen-bond acceptors (Lipinski definition) is 2. The molecule has 4 heteroatoms. The minimum absolute atomic E-state index is 0.199. The number of rotatable bonds is 6. The largest absolute Gasteiger partial charge is 0.409 e. The van der Waals surface area contributed by atoms with Crippen molar-refractivity contribution in [2.45, 2.75) is 45.4 Å². The Morgan fingerprint density at radius 1 is 1.00 bits per heavy atom. The van der Waals surface area contributed by atoms with E-state index in [0.29, 0.717) is 0 Å². The van der Waals surface area contributed by atoms with E-state index in [2.05, 4.69) is 81.2 Å². The maximum Gasteiger partial charge on any atom is 0.184 e. The predicted molar refractivity (Wildman–Crippen MR) is 89.6 cm³/mol. The molecule has 0 heterocycles. The van der Waals surface area contributed by atoms with Crippen LogP contribution < -0.4 is 0 Å². The molecule has 0 bridgehead atoms. The highest BCUT2D eigenvalue weighted by molar-refractivity contribution is 6.73. The van der Waals surface area contributed by atoms with Crippen LogP contribution in [0, 0.1) is 0 Å². The molecule has 0 aliphatic rings. The van der Waals surface area contributed by atoms with Crippen molar-refractivity contribution in [1.82, 2.24) is 4.57 Å². The van der Waals surface area contributed by atoms with Crippen LogP contribution in [-0.2, 0) is 4.43 Å². The molecule has 0 saturated carbocycles. The van der Waals surface area contributed by atoms with Crippen LogP contribution >= 0.6 is 0 Å². The van der Waals surface area contributed by atoms with Gasteiger partial charge in [0, 0.05) is 6.54 Å². The number of nitrogens with zero attached hydrogens (tertiary/aromatic N) is 1. The van der Waals surface area contributed by atoms with E-state index in [1.165, 1.54) is 5.56 Å². The Hall–Kier alpha value is -0.426. The summed E-state index contributed by atoms with van der Waals surface area (Å²) in [4.78, 5) is 0. The van der Waals surface area contributed by atoms with Gasteiger partial charge in [0.2, 0.25) is 0 Å². The first-order chi connectivity index (χ1) is 8.59. The molecule has 0 aliphatic heterocycles. The van der Waals surface area contributed by atoms with Crippen molar-refractivity contribution in [3.8, 4) is 0 Å². The van der Waals surface area contributed by atoms with Crippen LogP contribution in [0.4, 0.5) is 0 Å². The zero-order valence-corrected chi connectivity index (χ0v) is 15.5. The maximum absolute atomic E-state index is 6.41. The van der Waals surface area contributed by atoms with Crippen LogP contribution in [0.2, 0.25) is 39.3 Å². The summed E-state index contributed by atoms with van der Waals surface area (Å²) in [5.41, 5.74) is 1.30. The van der Waals surface area contributed by atoms with E-state index >= 15 is 0 Å². The summed E-state index contributed by atoms with van der Waals surface area (Å²) in [5.74, 6) is 0. The third kappa shape index (κ3) is 6.04. The van der Waals surface area contributed by atoms with Crippen molar-refractivity contribution in [1.29, 1.82) is 0 Å². The molecule has 19 heavy (non-hydrogen) atoms. The molecule has 1 aromatic carbocycles. The van der Waals surface area contributed by atoms with Crippen molar-refractivity contribution in [2.75, 3.05) is 13.6 Å². The van der Waals surface area contributed by atoms with Gasteiger partial charge < -0.3 is 8.99 Å². The molecular formula is C15H29NOSi2. The van der Waals surface area contributed by atoms with E-state index in [0.717, 1.165) is 6.54 Å². The lowest BCUT2D eigenvalue weighted by molar-refractivity contribution is 0.171. The van der Waals surface area contributed by atoms with Crippen LogP contribution in [0.1, 0.15) is 11.7 Å². The molecule has 1 atom stereocenters. The van der Waals surface area contributed by atoms with Gasteiger partial charge in [-0.2, -0.15) is 0 Å². The fourth-order valence-corrected chi connectivity index (χ4v) is 3.61. The fourth-order valence-electron chi connectivity index (χ4n) is 1.83. The summed E-state index contributed by atoms with van der Waals surface area (Å²) in [5, 5.41) is 0. The predicted octanol–water partition coefficient (Wildman–Crippen LogP) is 4.35. The molecule has 0 radical (unpaired) electrons. The third-order valence-corrected chi connectivity index (χ3v) is 6.72. The van der Waals surface area contributed by atoms with Gasteiger partial charge in [-0.15, -0.1) is 0 Å². The zero-order chi connectivity index (χ0) is 14.7. The molecule has 2 nitrogen and oxygen atoms in total. The van der Waals surface area contributed by atoms with E-state index < -0.39 is 16.6 Å². The molecule has 0 N–H and O–H groups in total. The van der Waals surface area contributed by atoms with Crippen LogP contribution in [0.5, 0.6) is 0 Å². The molecule has 0 fully saturated rings. The Labute approximate surface area is 121 Å². The molecular weight excluding hydrogens is 266 g/mol. The molecule has 1 unspecified atom stereocenters. The summed E-state index contributed by atoms with van der Waals surface area (Å²) in [6.07, 6.45) is 0.199. The fraction of sp³-hybridized carbons (Fsp3) is 0.600.